The van der Waals surface area contributed by atoms with E-state index >= 15 is 0 Å². The number of aromatic nitrogens is 1. The fourth-order valence-electron chi connectivity index (χ4n) is 1.44. The number of hydrogen-bond acceptors (Lipinski definition) is 3. The predicted molar refractivity (Wildman–Crippen MR) is 57.4 cm³/mol. The van der Waals surface area contributed by atoms with Crippen LogP contribution in [0.25, 0.3) is 0 Å². The molecule has 1 aromatic rings. The second-order valence-corrected chi connectivity index (χ2v) is 4.35. The van der Waals surface area contributed by atoms with Gasteiger partial charge in [-0.25, -0.2) is 9.78 Å². The summed E-state index contributed by atoms with van der Waals surface area (Å²) in [5, 5.41) is 8.93. The Kier molecular flexibility index (Phi) is 2.65. The van der Waals surface area contributed by atoms with Crippen molar-refractivity contribution in [2.75, 3.05) is 7.11 Å². The van der Waals surface area contributed by atoms with E-state index in [2.05, 4.69) is 20.9 Å². The lowest BCUT2D eigenvalue weighted by Crippen LogP contribution is -2.04. The highest BCUT2D eigenvalue weighted by Gasteiger charge is 2.29. The van der Waals surface area contributed by atoms with Gasteiger partial charge in [0.1, 0.15) is 5.56 Å². The van der Waals surface area contributed by atoms with Gasteiger partial charge >= 0.3 is 5.97 Å². The van der Waals surface area contributed by atoms with E-state index in [-0.39, 0.29) is 11.4 Å². The molecule has 1 aliphatic rings. The van der Waals surface area contributed by atoms with E-state index in [1.54, 1.807) is 6.07 Å². The molecule has 0 aromatic carbocycles. The number of nitrogens with zero attached hydrogens (tertiary/aromatic N) is 1. The van der Waals surface area contributed by atoms with Crippen molar-refractivity contribution in [3.63, 3.8) is 0 Å². The van der Waals surface area contributed by atoms with E-state index in [0.717, 1.165) is 23.0 Å². The minimum atomic E-state index is -1.03. The van der Waals surface area contributed by atoms with Gasteiger partial charge < -0.3 is 9.84 Å². The SMILES string of the molecule is COc1nc(C2CC2)c(Br)cc1C(=O)O. The van der Waals surface area contributed by atoms with Gasteiger partial charge in [0.25, 0.3) is 0 Å². The van der Waals surface area contributed by atoms with Gasteiger partial charge in [0.2, 0.25) is 5.88 Å². The van der Waals surface area contributed by atoms with Crippen molar-refractivity contribution in [2.45, 2.75) is 18.8 Å². The molecule has 0 aliphatic heterocycles. The zero-order chi connectivity index (χ0) is 11.0. The van der Waals surface area contributed by atoms with Crippen LogP contribution >= 0.6 is 15.9 Å². The van der Waals surface area contributed by atoms with Crippen molar-refractivity contribution in [2.24, 2.45) is 0 Å². The minimum Gasteiger partial charge on any atom is -0.480 e. The van der Waals surface area contributed by atoms with Crippen LogP contribution < -0.4 is 4.74 Å². The molecule has 0 unspecified atom stereocenters. The number of halogens is 1. The molecule has 1 saturated carbocycles. The number of carbonyl (C=O) groups is 1. The summed E-state index contributed by atoms with van der Waals surface area (Å²) in [6.07, 6.45) is 2.22. The van der Waals surface area contributed by atoms with E-state index < -0.39 is 5.97 Å². The molecule has 1 aliphatic carbocycles. The first-order valence-corrected chi connectivity index (χ1v) is 5.40. The lowest BCUT2D eigenvalue weighted by Gasteiger charge is -2.08. The molecule has 0 saturated heterocycles. The molecule has 0 amide bonds. The standard InChI is InChI=1S/C10H10BrNO3/c1-15-9-6(10(13)14)4-7(11)8(12-9)5-2-3-5/h4-5H,2-3H2,1H3,(H,13,14). The molecule has 5 heteroatoms. The maximum Gasteiger partial charge on any atom is 0.341 e. The molecule has 80 valence electrons. The van der Waals surface area contributed by atoms with Crippen LogP contribution in [0.15, 0.2) is 10.5 Å². The third-order valence-electron chi connectivity index (χ3n) is 2.36. The van der Waals surface area contributed by atoms with Gasteiger partial charge in [-0.2, -0.15) is 0 Å². The Bertz CT molecular complexity index is 415. The Balaban J connectivity index is 2.49. The number of aromatic carboxylic acids is 1. The summed E-state index contributed by atoms with van der Waals surface area (Å²) in [5.74, 6) is -0.383. The Morgan fingerprint density at radius 2 is 2.33 bits per heavy atom. The molecule has 15 heavy (non-hydrogen) atoms. The summed E-state index contributed by atoms with van der Waals surface area (Å²) in [6.45, 7) is 0. The molecule has 0 bridgehead atoms. The Hall–Kier alpha value is -1.10. The van der Waals surface area contributed by atoms with Crippen LogP contribution in [0, 0.1) is 0 Å². The monoisotopic (exact) mass is 271 g/mol. The molecule has 0 spiro atoms. The maximum atomic E-state index is 10.9. The summed E-state index contributed by atoms with van der Waals surface area (Å²) < 4.78 is 5.72. The van der Waals surface area contributed by atoms with E-state index in [1.807, 2.05) is 0 Å². The quantitative estimate of drug-likeness (QED) is 0.918. The van der Waals surface area contributed by atoms with Crippen molar-refractivity contribution in [3.8, 4) is 5.88 Å². The first kappa shape index (κ1) is 10.4. The van der Waals surface area contributed by atoms with Crippen molar-refractivity contribution in [1.29, 1.82) is 0 Å². The Morgan fingerprint density at radius 1 is 1.67 bits per heavy atom. The predicted octanol–water partition coefficient (Wildman–Crippen LogP) is 2.43. The van der Waals surface area contributed by atoms with Crippen LogP contribution in [-0.4, -0.2) is 23.2 Å². The number of ether oxygens (including phenoxy) is 1. The fourth-order valence-corrected chi connectivity index (χ4v) is 2.08. The zero-order valence-electron chi connectivity index (χ0n) is 8.16. The second kappa shape index (κ2) is 3.81. The van der Waals surface area contributed by atoms with Gasteiger partial charge in [0, 0.05) is 10.4 Å². The highest BCUT2D eigenvalue weighted by atomic mass is 79.9. The van der Waals surface area contributed by atoms with E-state index in [0.29, 0.717) is 5.92 Å². The first-order valence-electron chi connectivity index (χ1n) is 4.61. The maximum absolute atomic E-state index is 10.9. The third-order valence-corrected chi connectivity index (χ3v) is 2.99. The Labute approximate surface area is 95.4 Å². The fraction of sp³-hybridized carbons (Fsp3) is 0.400. The van der Waals surface area contributed by atoms with Crippen LogP contribution in [0.3, 0.4) is 0 Å². The summed E-state index contributed by atoms with van der Waals surface area (Å²) in [4.78, 5) is 15.1. The summed E-state index contributed by atoms with van der Waals surface area (Å²) in [5.41, 5.74) is 0.991. The molecule has 2 rings (SSSR count). The molecule has 0 atom stereocenters. The highest BCUT2D eigenvalue weighted by Crippen LogP contribution is 2.43. The largest absolute Gasteiger partial charge is 0.480 e. The lowest BCUT2D eigenvalue weighted by atomic mass is 10.2. The highest BCUT2D eigenvalue weighted by molar-refractivity contribution is 9.10. The normalized spacial score (nSPS) is 15.1. The minimum absolute atomic E-state index is 0.0915. The number of hydrogen-bond donors (Lipinski definition) is 1. The second-order valence-electron chi connectivity index (χ2n) is 3.49. The number of rotatable bonds is 3. The van der Waals surface area contributed by atoms with Crippen LogP contribution in [0.2, 0.25) is 0 Å². The van der Waals surface area contributed by atoms with E-state index in [4.69, 9.17) is 9.84 Å². The smallest absolute Gasteiger partial charge is 0.341 e. The topological polar surface area (TPSA) is 59.4 Å². The van der Waals surface area contributed by atoms with Gasteiger partial charge in [0.15, 0.2) is 0 Å². The average molecular weight is 272 g/mol. The first-order chi connectivity index (χ1) is 7.13. The summed E-state index contributed by atoms with van der Waals surface area (Å²) in [6, 6.07) is 1.56. The molecule has 1 aromatic heterocycles. The number of pyridine rings is 1. The van der Waals surface area contributed by atoms with Gasteiger partial charge in [-0.1, -0.05) is 0 Å². The van der Waals surface area contributed by atoms with E-state index in [9.17, 15) is 4.79 Å². The van der Waals surface area contributed by atoms with Crippen LogP contribution in [-0.2, 0) is 0 Å². The number of carboxylic acids is 1. The van der Waals surface area contributed by atoms with Crippen molar-refractivity contribution >= 4 is 21.9 Å². The molecule has 1 heterocycles. The summed E-state index contributed by atoms with van der Waals surface area (Å²) in [7, 11) is 1.43. The van der Waals surface area contributed by atoms with Crippen LogP contribution in [0.5, 0.6) is 5.88 Å². The van der Waals surface area contributed by atoms with Gasteiger partial charge in [0.05, 0.1) is 12.8 Å². The van der Waals surface area contributed by atoms with Gasteiger partial charge in [-0.15, -0.1) is 0 Å². The molecule has 0 radical (unpaired) electrons. The molecule has 1 fully saturated rings. The molecular formula is C10H10BrNO3. The van der Waals surface area contributed by atoms with Crippen LogP contribution in [0.1, 0.15) is 34.8 Å². The van der Waals surface area contributed by atoms with Crippen molar-refractivity contribution < 1.29 is 14.6 Å². The van der Waals surface area contributed by atoms with Gasteiger partial charge in [-0.3, -0.25) is 0 Å². The van der Waals surface area contributed by atoms with Crippen molar-refractivity contribution in [3.05, 3.63) is 21.8 Å². The molecule has 4 nitrogen and oxygen atoms in total. The summed E-state index contributed by atoms with van der Waals surface area (Å²) >= 11 is 3.34. The molecular weight excluding hydrogens is 262 g/mol. The van der Waals surface area contributed by atoms with Crippen molar-refractivity contribution in [1.82, 2.24) is 4.98 Å². The third kappa shape index (κ3) is 1.97. The molecule has 1 N–H and O–H groups in total. The number of methoxy groups -OCH3 is 1. The van der Waals surface area contributed by atoms with Crippen LogP contribution in [0.4, 0.5) is 0 Å². The lowest BCUT2D eigenvalue weighted by molar-refractivity contribution is 0.0692. The average Bonchev–Trinajstić information content (AvgIpc) is 3.00. The van der Waals surface area contributed by atoms with E-state index in [1.165, 1.54) is 7.11 Å². The zero-order valence-corrected chi connectivity index (χ0v) is 9.74. The Morgan fingerprint density at radius 3 is 2.80 bits per heavy atom. The van der Waals surface area contributed by atoms with Gasteiger partial charge in [-0.05, 0) is 34.8 Å². The number of carboxylic acid groups (broad SMARTS) is 1.